The molecule has 0 fully saturated rings. The van der Waals surface area contributed by atoms with Crippen molar-refractivity contribution in [2.45, 2.75) is 0 Å². The van der Waals surface area contributed by atoms with Crippen LogP contribution in [-0.4, -0.2) is 19.6 Å². The minimum absolute atomic E-state index is 0.510. The molecule has 0 radical (unpaired) electrons. The molecule has 0 saturated carbocycles. The van der Waals surface area contributed by atoms with Gasteiger partial charge in [0.2, 0.25) is 12.3 Å². The number of halogens is 1. The first kappa shape index (κ1) is 8.84. The molecule has 0 saturated heterocycles. The highest BCUT2D eigenvalue weighted by Gasteiger charge is 2.06. The standard InChI is InChI=1S/C9H5IN4O/c10-7-4-11-8-3-6(1-2-14(7)8)9-13-12-5-15-9/h1-5H. The molecule has 0 bridgehead atoms. The van der Waals surface area contributed by atoms with Crippen LogP contribution in [0.1, 0.15) is 0 Å². The summed E-state index contributed by atoms with van der Waals surface area (Å²) in [6, 6.07) is 3.83. The Bertz CT molecular complexity index is 602. The third kappa shape index (κ3) is 1.41. The first-order valence-corrected chi connectivity index (χ1v) is 5.31. The number of imidazole rings is 1. The van der Waals surface area contributed by atoms with E-state index in [0.717, 1.165) is 14.9 Å². The molecule has 0 aliphatic carbocycles. The van der Waals surface area contributed by atoms with Gasteiger partial charge in [-0.1, -0.05) is 0 Å². The summed E-state index contributed by atoms with van der Waals surface area (Å²) in [6.45, 7) is 0. The van der Waals surface area contributed by atoms with Crippen LogP contribution in [-0.2, 0) is 0 Å². The van der Waals surface area contributed by atoms with Crippen molar-refractivity contribution in [3.63, 3.8) is 0 Å². The van der Waals surface area contributed by atoms with E-state index in [1.807, 2.05) is 28.9 Å². The minimum atomic E-state index is 0.510. The van der Waals surface area contributed by atoms with Crippen LogP contribution in [0.15, 0.2) is 35.3 Å². The molecule has 3 aromatic rings. The third-order valence-corrected chi connectivity index (χ3v) is 2.87. The highest BCUT2D eigenvalue weighted by atomic mass is 127. The van der Waals surface area contributed by atoms with E-state index in [1.54, 1.807) is 0 Å². The average Bonchev–Trinajstić information content (AvgIpc) is 2.88. The van der Waals surface area contributed by atoms with Crippen LogP contribution in [0.2, 0.25) is 0 Å². The van der Waals surface area contributed by atoms with Gasteiger partial charge in [-0.25, -0.2) is 4.98 Å². The van der Waals surface area contributed by atoms with E-state index in [9.17, 15) is 0 Å². The molecule has 0 aliphatic rings. The molecular weight excluding hydrogens is 307 g/mol. The second-order valence-corrected chi connectivity index (χ2v) is 4.07. The number of aromatic nitrogens is 4. The number of nitrogens with zero attached hydrogens (tertiary/aromatic N) is 4. The Hall–Kier alpha value is -1.44. The summed E-state index contributed by atoms with van der Waals surface area (Å²) in [7, 11) is 0. The van der Waals surface area contributed by atoms with Gasteiger partial charge in [-0.15, -0.1) is 10.2 Å². The van der Waals surface area contributed by atoms with Crippen molar-refractivity contribution in [2.75, 3.05) is 0 Å². The second-order valence-electron chi connectivity index (χ2n) is 2.97. The van der Waals surface area contributed by atoms with Crippen molar-refractivity contribution < 1.29 is 4.42 Å². The van der Waals surface area contributed by atoms with Gasteiger partial charge in [0.15, 0.2) is 0 Å². The summed E-state index contributed by atoms with van der Waals surface area (Å²) in [5.74, 6) is 0.510. The van der Waals surface area contributed by atoms with Gasteiger partial charge >= 0.3 is 0 Å². The van der Waals surface area contributed by atoms with Gasteiger partial charge in [-0.2, -0.15) is 0 Å². The van der Waals surface area contributed by atoms with Gasteiger partial charge in [0.05, 0.1) is 6.20 Å². The maximum absolute atomic E-state index is 5.11. The second kappa shape index (κ2) is 3.30. The molecule has 15 heavy (non-hydrogen) atoms. The predicted molar refractivity (Wildman–Crippen MR) is 61.2 cm³/mol. The predicted octanol–water partition coefficient (Wildman–Crippen LogP) is 1.99. The zero-order valence-electron chi connectivity index (χ0n) is 7.46. The lowest BCUT2D eigenvalue weighted by atomic mass is 10.2. The van der Waals surface area contributed by atoms with Gasteiger partial charge in [-0.3, -0.25) is 4.40 Å². The van der Waals surface area contributed by atoms with Crippen LogP contribution in [0, 0.1) is 3.70 Å². The molecule has 5 nitrogen and oxygen atoms in total. The maximum atomic E-state index is 5.11. The molecule has 0 unspecified atom stereocenters. The van der Waals surface area contributed by atoms with Gasteiger partial charge in [0.25, 0.3) is 0 Å². The van der Waals surface area contributed by atoms with Crippen molar-refractivity contribution in [3.05, 3.63) is 34.6 Å². The quantitative estimate of drug-likeness (QED) is 0.645. The van der Waals surface area contributed by atoms with Crippen molar-refractivity contribution in [3.8, 4) is 11.5 Å². The summed E-state index contributed by atoms with van der Waals surface area (Å²) < 4.78 is 8.17. The summed E-state index contributed by atoms with van der Waals surface area (Å²) in [6.07, 6.45) is 5.06. The molecule has 3 rings (SSSR count). The molecule has 6 heteroatoms. The summed E-state index contributed by atoms with van der Waals surface area (Å²) in [5, 5.41) is 7.48. The van der Waals surface area contributed by atoms with Crippen molar-refractivity contribution in [1.82, 2.24) is 19.6 Å². The summed E-state index contributed by atoms with van der Waals surface area (Å²) >= 11 is 2.23. The number of rotatable bonds is 1. The Morgan fingerprint density at radius 3 is 3.13 bits per heavy atom. The van der Waals surface area contributed by atoms with Crippen molar-refractivity contribution in [2.24, 2.45) is 0 Å². The highest BCUT2D eigenvalue weighted by Crippen LogP contribution is 2.19. The molecule has 0 aromatic carbocycles. The van der Waals surface area contributed by atoms with E-state index < -0.39 is 0 Å². The van der Waals surface area contributed by atoms with Crippen LogP contribution < -0.4 is 0 Å². The van der Waals surface area contributed by atoms with Crippen LogP contribution >= 0.6 is 22.6 Å². The largest absolute Gasteiger partial charge is 0.423 e. The Balaban J connectivity index is 2.23. The van der Waals surface area contributed by atoms with Crippen molar-refractivity contribution >= 4 is 28.2 Å². The fraction of sp³-hybridized carbons (Fsp3) is 0. The van der Waals surface area contributed by atoms with Gasteiger partial charge < -0.3 is 4.42 Å². The average molecular weight is 312 g/mol. The monoisotopic (exact) mass is 312 g/mol. The molecule has 0 amide bonds. The molecule has 3 heterocycles. The molecule has 0 N–H and O–H groups in total. The lowest BCUT2D eigenvalue weighted by Gasteiger charge is -1.97. The van der Waals surface area contributed by atoms with Crippen LogP contribution in [0.25, 0.3) is 17.1 Å². The van der Waals surface area contributed by atoms with Crippen LogP contribution in [0.4, 0.5) is 0 Å². The first-order valence-electron chi connectivity index (χ1n) is 4.24. The lowest BCUT2D eigenvalue weighted by Crippen LogP contribution is -1.87. The van der Waals surface area contributed by atoms with E-state index in [-0.39, 0.29) is 0 Å². The SMILES string of the molecule is Ic1cnc2cc(-c3nnco3)ccn12. The Morgan fingerprint density at radius 2 is 2.33 bits per heavy atom. The van der Waals surface area contributed by atoms with Crippen LogP contribution in [0.3, 0.4) is 0 Å². The normalized spacial score (nSPS) is 11.0. The number of pyridine rings is 1. The van der Waals surface area contributed by atoms with Gasteiger partial charge in [-0.05, 0) is 34.7 Å². The molecule has 0 spiro atoms. The zero-order chi connectivity index (χ0) is 10.3. The zero-order valence-corrected chi connectivity index (χ0v) is 9.62. The third-order valence-electron chi connectivity index (χ3n) is 2.08. The molecule has 3 aromatic heterocycles. The molecule has 0 aliphatic heterocycles. The Labute approximate surface area is 98.3 Å². The molecular formula is C9H5IN4O. The lowest BCUT2D eigenvalue weighted by molar-refractivity contribution is 0.568. The first-order chi connectivity index (χ1) is 7.34. The van der Waals surface area contributed by atoms with E-state index >= 15 is 0 Å². The topological polar surface area (TPSA) is 56.2 Å². The highest BCUT2D eigenvalue weighted by molar-refractivity contribution is 14.1. The fourth-order valence-electron chi connectivity index (χ4n) is 1.38. The Morgan fingerprint density at radius 1 is 1.40 bits per heavy atom. The molecule has 74 valence electrons. The van der Waals surface area contributed by atoms with E-state index in [4.69, 9.17) is 4.42 Å². The van der Waals surface area contributed by atoms with Gasteiger partial charge in [0.1, 0.15) is 9.35 Å². The van der Waals surface area contributed by atoms with Gasteiger partial charge in [0, 0.05) is 11.8 Å². The van der Waals surface area contributed by atoms with Crippen LogP contribution in [0.5, 0.6) is 0 Å². The summed E-state index contributed by atoms with van der Waals surface area (Å²) in [4.78, 5) is 4.25. The Kier molecular flexibility index (Phi) is 1.94. The van der Waals surface area contributed by atoms with E-state index in [0.29, 0.717) is 5.89 Å². The number of fused-ring (bicyclic) bond motifs is 1. The maximum Gasteiger partial charge on any atom is 0.247 e. The van der Waals surface area contributed by atoms with E-state index in [2.05, 4.69) is 37.8 Å². The van der Waals surface area contributed by atoms with E-state index in [1.165, 1.54) is 6.39 Å². The smallest absolute Gasteiger partial charge is 0.247 e. The van der Waals surface area contributed by atoms with Crippen molar-refractivity contribution in [1.29, 1.82) is 0 Å². The fourth-order valence-corrected chi connectivity index (χ4v) is 1.93. The minimum Gasteiger partial charge on any atom is -0.423 e. The number of hydrogen-bond donors (Lipinski definition) is 0. The number of hydrogen-bond acceptors (Lipinski definition) is 4. The summed E-state index contributed by atoms with van der Waals surface area (Å²) in [5.41, 5.74) is 1.75. The molecule has 0 atom stereocenters.